The first kappa shape index (κ1) is 15.0. The number of nitrogens with zero attached hydrogens (tertiary/aromatic N) is 1. The summed E-state index contributed by atoms with van der Waals surface area (Å²) < 4.78 is 22.3. The Balaban J connectivity index is 2.13. The van der Waals surface area contributed by atoms with Crippen LogP contribution in [0.25, 0.3) is 0 Å². The van der Waals surface area contributed by atoms with Crippen molar-refractivity contribution in [3.05, 3.63) is 35.4 Å². The zero-order chi connectivity index (χ0) is 14.8. The Morgan fingerprint density at radius 2 is 2.10 bits per heavy atom. The van der Waals surface area contributed by atoms with Gasteiger partial charge in [0.15, 0.2) is 0 Å². The minimum absolute atomic E-state index is 0.0947. The summed E-state index contributed by atoms with van der Waals surface area (Å²) in [6.07, 6.45) is 2.47. The highest BCUT2D eigenvalue weighted by molar-refractivity contribution is 7.90. The van der Waals surface area contributed by atoms with Crippen molar-refractivity contribution in [3.8, 4) is 0 Å². The van der Waals surface area contributed by atoms with Crippen molar-refractivity contribution >= 4 is 15.8 Å². The zero-order valence-corrected chi connectivity index (χ0v) is 12.3. The van der Waals surface area contributed by atoms with Crippen LogP contribution in [0.3, 0.4) is 0 Å². The molecule has 1 aliphatic heterocycles. The Kier molecular flexibility index (Phi) is 4.45. The fourth-order valence-electron chi connectivity index (χ4n) is 2.68. The number of fused-ring (bicyclic) bond motifs is 1. The molecule has 0 saturated heterocycles. The number of carboxylic acid groups (broad SMARTS) is 1. The molecule has 0 bridgehead atoms. The van der Waals surface area contributed by atoms with Crippen LogP contribution >= 0.6 is 0 Å². The molecular formula is C14H19NO4S. The van der Waals surface area contributed by atoms with E-state index >= 15 is 0 Å². The summed E-state index contributed by atoms with van der Waals surface area (Å²) in [6.45, 7) is 1.14. The number of hydrogen-bond donors (Lipinski definition) is 1. The Bertz CT molecular complexity index is 597. The number of rotatable bonds is 5. The van der Waals surface area contributed by atoms with Crippen molar-refractivity contribution in [2.75, 3.05) is 25.1 Å². The average Bonchev–Trinajstić information content (AvgIpc) is 2.36. The number of hydrogen-bond acceptors (Lipinski definition) is 4. The fraction of sp³-hybridized carbons (Fsp3) is 0.500. The molecule has 0 radical (unpaired) electrons. The van der Waals surface area contributed by atoms with E-state index in [1.807, 2.05) is 29.2 Å². The SMILES string of the molecule is CS(=O)(=O)CCCN1CCc2ccccc2C1C(=O)O. The second-order valence-electron chi connectivity index (χ2n) is 5.21. The van der Waals surface area contributed by atoms with Crippen LogP contribution in [0.4, 0.5) is 0 Å². The molecule has 6 heteroatoms. The molecule has 110 valence electrons. The fourth-order valence-corrected chi connectivity index (χ4v) is 3.33. The van der Waals surface area contributed by atoms with Gasteiger partial charge in [-0.2, -0.15) is 0 Å². The normalized spacial score (nSPS) is 19.6. The number of sulfone groups is 1. The summed E-state index contributed by atoms with van der Waals surface area (Å²) in [5.41, 5.74) is 1.89. The Labute approximate surface area is 119 Å². The van der Waals surface area contributed by atoms with Gasteiger partial charge in [-0.3, -0.25) is 9.69 Å². The highest BCUT2D eigenvalue weighted by Crippen LogP contribution is 2.29. The molecule has 1 N–H and O–H groups in total. The van der Waals surface area contributed by atoms with Gasteiger partial charge >= 0.3 is 5.97 Å². The molecule has 1 aromatic carbocycles. The van der Waals surface area contributed by atoms with E-state index < -0.39 is 21.8 Å². The van der Waals surface area contributed by atoms with Crippen LogP contribution in [0.2, 0.25) is 0 Å². The number of carboxylic acids is 1. The molecule has 5 nitrogen and oxygen atoms in total. The van der Waals surface area contributed by atoms with E-state index in [4.69, 9.17) is 0 Å². The van der Waals surface area contributed by atoms with Crippen LogP contribution in [-0.4, -0.2) is 49.5 Å². The van der Waals surface area contributed by atoms with E-state index in [1.54, 1.807) is 0 Å². The van der Waals surface area contributed by atoms with Crippen LogP contribution in [-0.2, 0) is 21.1 Å². The molecule has 0 aliphatic carbocycles. The Morgan fingerprint density at radius 3 is 2.75 bits per heavy atom. The summed E-state index contributed by atoms with van der Waals surface area (Å²) in [6, 6.07) is 6.89. The van der Waals surface area contributed by atoms with Gasteiger partial charge < -0.3 is 5.11 Å². The third-order valence-electron chi connectivity index (χ3n) is 3.58. The van der Waals surface area contributed by atoms with Gasteiger partial charge in [0.2, 0.25) is 0 Å². The van der Waals surface area contributed by atoms with Gasteiger partial charge in [-0.15, -0.1) is 0 Å². The summed E-state index contributed by atoms with van der Waals surface area (Å²) in [5, 5.41) is 9.45. The predicted octanol–water partition coefficient (Wildman–Crippen LogP) is 1.11. The molecular weight excluding hydrogens is 278 g/mol. The lowest BCUT2D eigenvalue weighted by Gasteiger charge is -2.34. The lowest BCUT2D eigenvalue weighted by molar-refractivity contribution is -0.144. The first-order valence-corrected chi connectivity index (χ1v) is 8.67. The molecule has 0 amide bonds. The van der Waals surface area contributed by atoms with Crippen LogP contribution in [0, 0.1) is 0 Å². The topological polar surface area (TPSA) is 74.7 Å². The molecule has 1 aromatic rings. The van der Waals surface area contributed by atoms with Gasteiger partial charge in [-0.25, -0.2) is 8.42 Å². The highest BCUT2D eigenvalue weighted by atomic mass is 32.2. The Morgan fingerprint density at radius 1 is 1.40 bits per heavy atom. The van der Waals surface area contributed by atoms with Gasteiger partial charge in [-0.1, -0.05) is 24.3 Å². The van der Waals surface area contributed by atoms with Crippen LogP contribution in [0.15, 0.2) is 24.3 Å². The smallest absolute Gasteiger partial charge is 0.325 e. The summed E-state index contributed by atoms with van der Waals surface area (Å²) in [7, 11) is -3.00. The largest absolute Gasteiger partial charge is 0.480 e. The molecule has 1 unspecified atom stereocenters. The second kappa shape index (κ2) is 5.93. The molecule has 2 rings (SSSR count). The molecule has 0 fully saturated rings. The number of aliphatic carboxylic acids is 1. The maximum absolute atomic E-state index is 11.5. The van der Waals surface area contributed by atoms with Gasteiger partial charge in [-0.05, 0) is 24.0 Å². The van der Waals surface area contributed by atoms with Gasteiger partial charge in [0, 0.05) is 19.3 Å². The monoisotopic (exact) mass is 297 g/mol. The van der Waals surface area contributed by atoms with Crippen LogP contribution in [0.1, 0.15) is 23.6 Å². The third kappa shape index (κ3) is 3.58. The van der Waals surface area contributed by atoms with Crippen LogP contribution < -0.4 is 0 Å². The standard InChI is InChI=1S/C14H19NO4S/c1-20(18,19)10-4-8-15-9-7-11-5-2-3-6-12(11)13(15)14(16)17/h2-3,5-6,13H,4,7-10H2,1H3,(H,16,17). The van der Waals surface area contributed by atoms with Crippen molar-refractivity contribution < 1.29 is 18.3 Å². The summed E-state index contributed by atoms with van der Waals surface area (Å²) in [4.78, 5) is 13.4. The summed E-state index contributed by atoms with van der Waals surface area (Å²) in [5.74, 6) is -0.784. The quantitative estimate of drug-likeness (QED) is 0.881. The van der Waals surface area contributed by atoms with Crippen molar-refractivity contribution in [1.82, 2.24) is 4.90 Å². The second-order valence-corrected chi connectivity index (χ2v) is 7.47. The minimum Gasteiger partial charge on any atom is -0.480 e. The van der Waals surface area contributed by atoms with Crippen molar-refractivity contribution in [1.29, 1.82) is 0 Å². The molecule has 0 spiro atoms. The van der Waals surface area contributed by atoms with Crippen LogP contribution in [0.5, 0.6) is 0 Å². The average molecular weight is 297 g/mol. The molecule has 0 aromatic heterocycles. The molecule has 1 atom stereocenters. The molecule has 1 aliphatic rings. The Hall–Kier alpha value is -1.40. The summed E-state index contributed by atoms with van der Waals surface area (Å²) >= 11 is 0. The lowest BCUT2D eigenvalue weighted by Crippen LogP contribution is -2.40. The van der Waals surface area contributed by atoms with E-state index in [1.165, 1.54) is 6.26 Å². The van der Waals surface area contributed by atoms with Crippen molar-refractivity contribution in [3.63, 3.8) is 0 Å². The van der Waals surface area contributed by atoms with E-state index in [0.29, 0.717) is 19.5 Å². The number of benzene rings is 1. The van der Waals surface area contributed by atoms with E-state index in [2.05, 4.69) is 0 Å². The van der Waals surface area contributed by atoms with E-state index in [0.717, 1.165) is 17.5 Å². The maximum Gasteiger partial charge on any atom is 0.325 e. The highest BCUT2D eigenvalue weighted by Gasteiger charge is 2.32. The third-order valence-corrected chi connectivity index (χ3v) is 4.61. The lowest BCUT2D eigenvalue weighted by atomic mass is 9.92. The van der Waals surface area contributed by atoms with Gasteiger partial charge in [0.25, 0.3) is 0 Å². The van der Waals surface area contributed by atoms with Gasteiger partial charge in [0.1, 0.15) is 15.9 Å². The van der Waals surface area contributed by atoms with Crippen molar-refractivity contribution in [2.45, 2.75) is 18.9 Å². The molecule has 20 heavy (non-hydrogen) atoms. The van der Waals surface area contributed by atoms with E-state index in [-0.39, 0.29) is 5.75 Å². The van der Waals surface area contributed by atoms with E-state index in [9.17, 15) is 18.3 Å². The molecule has 0 saturated carbocycles. The first-order chi connectivity index (χ1) is 9.38. The molecule has 1 heterocycles. The minimum atomic E-state index is -3.00. The predicted molar refractivity (Wildman–Crippen MR) is 76.4 cm³/mol. The number of carbonyl (C=O) groups is 1. The van der Waals surface area contributed by atoms with Crippen molar-refractivity contribution in [2.24, 2.45) is 0 Å². The zero-order valence-electron chi connectivity index (χ0n) is 11.4. The first-order valence-electron chi connectivity index (χ1n) is 6.61. The van der Waals surface area contributed by atoms with Gasteiger partial charge in [0.05, 0.1) is 5.75 Å². The maximum atomic E-state index is 11.5.